The van der Waals surface area contributed by atoms with E-state index in [9.17, 15) is 0 Å². The molecule has 0 bridgehead atoms. The zero-order chi connectivity index (χ0) is 9.10. The first kappa shape index (κ1) is 8.85. The number of hydrogen-bond donors (Lipinski definition) is 1. The summed E-state index contributed by atoms with van der Waals surface area (Å²) in [6.07, 6.45) is 4.19. The van der Waals surface area contributed by atoms with Crippen LogP contribution in [0.1, 0.15) is 4.88 Å². The molecule has 0 fully saturated rings. The summed E-state index contributed by atoms with van der Waals surface area (Å²) in [5.74, 6) is 0.800. The van der Waals surface area contributed by atoms with Gasteiger partial charge in [-0.15, -0.1) is 11.3 Å². The Balaban J connectivity index is 2.44. The van der Waals surface area contributed by atoms with Crippen LogP contribution in [0.4, 0.5) is 0 Å². The molecule has 0 atom stereocenters. The van der Waals surface area contributed by atoms with Crippen LogP contribution in [0.15, 0.2) is 36.4 Å². The van der Waals surface area contributed by atoms with Gasteiger partial charge in [-0.1, -0.05) is 24.3 Å². The van der Waals surface area contributed by atoms with Gasteiger partial charge in [-0.25, -0.2) is 0 Å². The van der Waals surface area contributed by atoms with Gasteiger partial charge in [0.2, 0.25) is 0 Å². The summed E-state index contributed by atoms with van der Waals surface area (Å²) in [6.45, 7) is 0. The Labute approximate surface area is 87.3 Å². The lowest BCUT2D eigenvalue weighted by Gasteiger charge is -1.82. The molecule has 1 heterocycles. The molecule has 0 amide bonds. The fourth-order valence-corrected chi connectivity index (χ4v) is 2.35. The normalized spacial score (nSPS) is 11.5. The van der Waals surface area contributed by atoms with Gasteiger partial charge in [0.05, 0.1) is 0 Å². The van der Waals surface area contributed by atoms with E-state index in [1.54, 1.807) is 0 Å². The lowest BCUT2D eigenvalue weighted by atomic mass is 10.2. The van der Waals surface area contributed by atoms with Gasteiger partial charge in [-0.05, 0) is 23.6 Å². The zero-order valence-corrected chi connectivity index (χ0v) is 8.81. The Bertz CT molecular complexity index is 393. The molecule has 0 unspecified atom stereocenters. The summed E-state index contributed by atoms with van der Waals surface area (Å²) < 4.78 is 1.35. The maximum Gasteiger partial charge on any atom is 0.0349 e. The number of hydrogen-bond acceptors (Lipinski definition) is 2. The molecule has 1 aromatic heterocycles. The minimum absolute atomic E-state index is 0.800. The van der Waals surface area contributed by atoms with Crippen molar-refractivity contribution in [2.75, 3.05) is 5.75 Å². The zero-order valence-electron chi connectivity index (χ0n) is 7.10. The fourth-order valence-electron chi connectivity index (χ4n) is 1.25. The molecule has 0 spiro atoms. The Hall–Kier alpha value is -0.730. The van der Waals surface area contributed by atoms with Crippen molar-refractivity contribution in [1.82, 2.24) is 0 Å². The van der Waals surface area contributed by atoms with Crippen LogP contribution < -0.4 is 0 Å². The summed E-state index contributed by atoms with van der Waals surface area (Å²) in [4.78, 5) is 1.30. The highest BCUT2D eigenvalue weighted by atomic mass is 32.1. The maximum atomic E-state index is 4.13. The van der Waals surface area contributed by atoms with Crippen LogP contribution in [-0.4, -0.2) is 5.75 Å². The van der Waals surface area contributed by atoms with E-state index in [4.69, 9.17) is 0 Å². The first-order valence-electron chi connectivity index (χ1n) is 4.16. The second-order valence-corrected chi connectivity index (χ2v) is 4.25. The molecule has 0 aliphatic carbocycles. The van der Waals surface area contributed by atoms with E-state index in [2.05, 4.69) is 55.1 Å². The predicted octanol–water partition coefficient (Wildman–Crippen LogP) is 3.84. The largest absolute Gasteiger partial charge is 0.175 e. The molecule has 0 aliphatic rings. The summed E-state index contributed by atoms with van der Waals surface area (Å²) in [5, 5.41) is 1.33. The Kier molecular flexibility index (Phi) is 2.71. The number of fused-ring (bicyclic) bond motifs is 1. The second kappa shape index (κ2) is 3.99. The molecule has 2 heteroatoms. The van der Waals surface area contributed by atoms with Gasteiger partial charge in [0.25, 0.3) is 0 Å². The van der Waals surface area contributed by atoms with Gasteiger partial charge >= 0.3 is 0 Å². The summed E-state index contributed by atoms with van der Waals surface area (Å²) in [5.41, 5.74) is 0. The lowest BCUT2D eigenvalue weighted by molar-refractivity contribution is 1.82. The molecule has 0 nitrogen and oxygen atoms in total. The SMILES string of the molecule is SCC=Cc1cc2ccccc2s1. The molecule has 0 aliphatic heterocycles. The van der Waals surface area contributed by atoms with Gasteiger partial charge in [0.15, 0.2) is 0 Å². The Morgan fingerprint density at radius 3 is 2.92 bits per heavy atom. The third-order valence-electron chi connectivity index (χ3n) is 1.83. The van der Waals surface area contributed by atoms with Crippen molar-refractivity contribution in [2.24, 2.45) is 0 Å². The lowest BCUT2D eigenvalue weighted by Crippen LogP contribution is -1.59. The van der Waals surface area contributed by atoms with Crippen molar-refractivity contribution in [2.45, 2.75) is 0 Å². The van der Waals surface area contributed by atoms with Crippen LogP contribution in [0, 0.1) is 0 Å². The van der Waals surface area contributed by atoms with Gasteiger partial charge in [0.1, 0.15) is 0 Å². The first-order chi connectivity index (χ1) is 6.40. The van der Waals surface area contributed by atoms with E-state index in [-0.39, 0.29) is 0 Å². The van der Waals surface area contributed by atoms with Gasteiger partial charge < -0.3 is 0 Å². The van der Waals surface area contributed by atoms with Crippen LogP contribution in [0.5, 0.6) is 0 Å². The van der Waals surface area contributed by atoms with E-state index < -0.39 is 0 Å². The van der Waals surface area contributed by atoms with E-state index >= 15 is 0 Å². The molecule has 0 N–H and O–H groups in total. The monoisotopic (exact) mass is 206 g/mol. The van der Waals surface area contributed by atoms with Gasteiger partial charge in [0, 0.05) is 15.3 Å². The quantitative estimate of drug-likeness (QED) is 0.709. The number of thiol groups is 1. The van der Waals surface area contributed by atoms with Crippen LogP contribution in [-0.2, 0) is 0 Å². The molecule has 66 valence electrons. The minimum Gasteiger partial charge on any atom is -0.175 e. The molecule has 0 saturated carbocycles. The Morgan fingerprint density at radius 1 is 1.31 bits per heavy atom. The summed E-state index contributed by atoms with van der Waals surface area (Å²) in [7, 11) is 0. The van der Waals surface area contributed by atoms with Crippen molar-refractivity contribution in [1.29, 1.82) is 0 Å². The topological polar surface area (TPSA) is 0 Å². The molecule has 0 radical (unpaired) electrons. The van der Waals surface area contributed by atoms with Crippen molar-refractivity contribution < 1.29 is 0 Å². The highest BCUT2D eigenvalue weighted by Crippen LogP contribution is 2.25. The van der Waals surface area contributed by atoms with Crippen molar-refractivity contribution in [3.05, 3.63) is 41.3 Å². The molecule has 0 saturated heterocycles. The second-order valence-electron chi connectivity index (χ2n) is 2.77. The number of rotatable bonds is 2. The highest BCUT2D eigenvalue weighted by Gasteiger charge is 1.96. The fraction of sp³-hybridized carbons (Fsp3) is 0.0909. The first-order valence-corrected chi connectivity index (χ1v) is 5.61. The number of benzene rings is 1. The summed E-state index contributed by atoms with van der Waals surface area (Å²) >= 11 is 5.95. The van der Waals surface area contributed by atoms with E-state index in [0.717, 1.165) is 5.75 Å². The standard InChI is InChI=1S/C11H10S2/c12-7-3-5-10-8-9-4-1-2-6-11(9)13-10/h1-6,8,12H,7H2. The Morgan fingerprint density at radius 2 is 2.15 bits per heavy atom. The summed E-state index contributed by atoms with van der Waals surface area (Å²) in [6, 6.07) is 10.6. The van der Waals surface area contributed by atoms with E-state index in [1.807, 2.05) is 11.3 Å². The van der Waals surface area contributed by atoms with Crippen LogP contribution in [0.2, 0.25) is 0 Å². The molecule has 2 aromatic rings. The van der Waals surface area contributed by atoms with Gasteiger partial charge in [-0.2, -0.15) is 12.6 Å². The molecule has 1 aromatic carbocycles. The predicted molar refractivity (Wildman–Crippen MR) is 64.7 cm³/mol. The molecular weight excluding hydrogens is 196 g/mol. The van der Waals surface area contributed by atoms with Crippen molar-refractivity contribution >= 4 is 40.1 Å². The third-order valence-corrected chi connectivity index (χ3v) is 3.12. The van der Waals surface area contributed by atoms with Crippen molar-refractivity contribution in [3.8, 4) is 0 Å². The van der Waals surface area contributed by atoms with Crippen LogP contribution in [0.25, 0.3) is 16.2 Å². The van der Waals surface area contributed by atoms with Crippen molar-refractivity contribution in [3.63, 3.8) is 0 Å². The third kappa shape index (κ3) is 1.95. The molecular formula is C11H10S2. The van der Waals surface area contributed by atoms with Gasteiger partial charge in [-0.3, -0.25) is 0 Å². The van der Waals surface area contributed by atoms with Crippen LogP contribution >= 0.6 is 24.0 Å². The minimum atomic E-state index is 0.800. The molecule has 2 rings (SSSR count). The molecule has 13 heavy (non-hydrogen) atoms. The average molecular weight is 206 g/mol. The smallest absolute Gasteiger partial charge is 0.0349 e. The average Bonchev–Trinajstić information content (AvgIpc) is 2.57. The maximum absolute atomic E-state index is 4.13. The van der Waals surface area contributed by atoms with E-state index in [0.29, 0.717) is 0 Å². The highest BCUT2D eigenvalue weighted by molar-refractivity contribution is 7.80. The number of thiophene rings is 1. The van der Waals surface area contributed by atoms with E-state index in [1.165, 1.54) is 15.0 Å². The van der Waals surface area contributed by atoms with Crippen LogP contribution in [0.3, 0.4) is 0 Å².